The molecule has 0 radical (unpaired) electrons. The molecule has 0 atom stereocenters. The van der Waals surface area contributed by atoms with Crippen molar-refractivity contribution in [2.24, 2.45) is 0 Å². The molecular weight excluding hydrogens is 420 g/mol. The van der Waals surface area contributed by atoms with Crippen molar-refractivity contribution in [1.29, 1.82) is 0 Å². The van der Waals surface area contributed by atoms with Crippen LogP contribution in [-0.2, 0) is 16.0 Å². The van der Waals surface area contributed by atoms with Gasteiger partial charge in [-0.2, -0.15) is 0 Å². The van der Waals surface area contributed by atoms with Gasteiger partial charge in [-0.3, -0.25) is 9.59 Å². The summed E-state index contributed by atoms with van der Waals surface area (Å²) in [4.78, 5) is 24.1. The van der Waals surface area contributed by atoms with E-state index in [9.17, 15) is 9.59 Å². The van der Waals surface area contributed by atoms with Crippen molar-refractivity contribution < 1.29 is 14.3 Å². The first-order valence-corrected chi connectivity index (χ1v) is 10.4. The van der Waals surface area contributed by atoms with Gasteiger partial charge < -0.3 is 15.4 Å². The molecule has 0 saturated heterocycles. The highest BCUT2D eigenvalue weighted by molar-refractivity contribution is 9.10. The molecular formula is C22H27BrN2O3. The van der Waals surface area contributed by atoms with Crippen molar-refractivity contribution >= 4 is 39.1 Å². The number of rotatable bonds is 10. The van der Waals surface area contributed by atoms with Crippen LogP contribution in [-0.4, -0.2) is 18.4 Å². The maximum atomic E-state index is 12.2. The molecule has 0 fully saturated rings. The molecule has 0 aliphatic heterocycles. The van der Waals surface area contributed by atoms with Gasteiger partial charge in [0, 0.05) is 17.8 Å². The minimum atomic E-state index is -0.266. The van der Waals surface area contributed by atoms with Gasteiger partial charge in [0.2, 0.25) is 5.91 Å². The van der Waals surface area contributed by atoms with Crippen LogP contribution in [0.4, 0.5) is 11.4 Å². The zero-order valence-electron chi connectivity index (χ0n) is 16.4. The fraction of sp³-hybridized carbons (Fsp3) is 0.364. The Hall–Kier alpha value is -2.34. The van der Waals surface area contributed by atoms with Gasteiger partial charge in [0.15, 0.2) is 6.61 Å². The maximum Gasteiger partial charge on any atom is 0.262 e. The Labute approximate surface area is 175 Å². The summed E-state index contributed by atoms with van der Waals surface area (Å²) in [5.41, 5.74) is 2.47. The average Bonchev–Trinajstić information content (AvgIpc) is 2.67. The lowest BCUT2D eigenvalue weighted by Crippen LogP contribution is -2.20. The zero-order valence-corrected chi connectivity index (χ0v) is 18.0. The number of halogens is 1. The monoisotopic (exact) mass is 446 g/mol. The lowest BCUT2D eigenvalue weighted by Gasteiger charge is -2.11. The Morgan fingerprint density at radius 3 is 2.32 bits per heavy atom. The third-order valence-corrected chi connectivity index (χ3v) is 4.82. The molecule has 0 aromatic heterocycles. The normalized spacial score (nSPS) is 10.4. The number of unbranched alkanes of at least 4 members (excludes halogenated alkanes) is 2. The first-order valence-electron chi connectivity index (χ1n) is 9.62. The summed E-state index contributed by atoms with van der Waals surface area (Å²) >= 11 is 3.46. The van der Waals surface area contributed by atoms with Crippen molar-refractivity contribution in [3.8, 4) is 5.75 Å². The number of anilines is 2. The molecule has 2 amide bonds. The average molecular weight is 447 g/mol. The SMILES string of the molecule is CCCCCC(=O)Nc1cccc(NC(=O)COc2ccc(CC)cc2Br)c1. The van der Waals surface area contributed by atoms with Gasteiger partial charge in [-0.05, 0) is 64.7 Å². The molecule has 0 heterocycles. The standard InChI is InChI=1S/C22H27BrN2O3/c1-3-5-6-10-21(26)24-17-8-7-9-18(14-17)25-22(27)15-28-20-12-11-16(4-2)13-19(20)23/h7-9,11-14H,3-6,10,15H2,1-2H3,(H,24,26)(H,25,27). The molecule has 28 heavy (non-hydrogen) atoms. The van der Waals surface area contributed by atoms with Gasteiger partial charge in [0.05, 0.1) is 4.47 Å². The van der Waals surface area contributed by atoms with E-state index in [4.69, 9.17) is 4.74 Å². The molecule has 2 N–H and O–H groups in total. The Kier molecular flexibility index (Phi) is 9.01. The summed E-state index contributed by atoms with van der Waals surface area (Å²) in [6.45, 7) is 4.09. The predicted octanol–water partition coefficient (Wildman–Crippen LogP) is 5.55. The number of carbonyl (C=O) groups excluding carboxylic acids is 2. The van der Waals surface area contributed by atoms with Crippen LogP contribution >= 0.6 is 15.9 Å². The molecule has 0 spiro atoms. The summed E-state index contributed by atoms with van der Waals surface area (Å²) in [7, 11) is 0. The van der Waals surface area contributed by atoms with Gasteiger partial charge in [-0.15, -0.1) is 0 Å². The van der Waals surface area contributed by atoms with Crippen LogP contribution in [0.5, 0.6) is 5.75 Å². The summed E-state index contributed by atoms with van der Waals surface area (Å²) < 4.78 is 6.42. The molecule has 0 aliphatic rings. The second-order valence-corrected chi connectivity index (χ2v) is 7.40. The fourth-order valence-corrected chi connectivity index (χ4v) is 3.20. The molecule has 0 bridgehead atoms. The number of hydrogen-bond acceptors (Lipinski definition) is 3. The topological polar surface area (TPSA) is 67.4 Å². The lowest BCUT2D eigenvalue weighted by atomic mass is 10.2. The van der Waals surface area contributed by atoms with E-state index in [-0.39, 0.29) is 18.4 Å². The summed E-state index contributed by atoms with van der Waals surface area (Å²) in [6, 6.07) is 12.9. The van der Waals surface area contributed by atoms with Gasteiger partial charge in [-0.1, -0.05) is 38.8 Å². The van der Waals surface area contributed by atoms with Crippen LogP contribution in [0.15, 0.2) is 46.9 Å². The van der Waals surface area contributed by atoms with E-state index >= 15 is 0 Å². The molecule has 5 nitrogen and oxygen atoms in total. The van der Waals surface area contributed by atoms with Crippen molar-refractivity contribution in [2.75, 3.05) is 17.2 Å². The van der Waals surface area contributed by atoms with E-state index in [1.54, 1.807) is 24.3 Å². The van der Waals surface area contributed by atoms with Crippen molar-refractivity contribution in [3.05, 3.63) is 52.5 Å². The zero-order chi connectivity index (χ0) is 20.4. The highest BCUT2D eigenvalue weighted by Crippen LogP contribution is 2.26. The van der Waals surface area contributed by atoms with E-state index in [1.807, 2.05) is 18.2 Å². The van der Waals surface area contributed by atoms with Crippen molar-refractivity contribution in [1.82, 2.24) is 0 Å². The first-order chi connectivity index (χ1) is 13.5. The Bertz CT molecular complexity index is 808. The third-order valence-electron chi connectivity index (χ3n) is 4.20. The number of hydrogen-bond donors (Lipinski definition) is 2. The molecule has 6 heteroatoms. The first kappa shape index (κ1) is 22.0. The smallest absolute Gasteiger partial charge is 0.262 e. The highest BCUT2D eigenvalue weighted by Gasteiger charge is 2.08. The van der Waals surface area contributed by atoms with Gasteiger partial charge in [0.25, 0.3) is 5.91 Å². The molecule has 2 aromatic rings. The van der Waals surface area contributed by atoms with E-state index in [1.165, 1.54) is 5.56 Å². The second kappa shape index (κ2) is 11.5. The second-order valence-electron chi connectivity index (χ2n) is 6.54. The Morgan fingerprint density at radius 1 is 0.964 bits per heavy atom. The van der Waals surface area contributed by atoms with Crippen molar-refractivity contribution in [3.63, 3.8) is 0 Å². The lowest BCUT2D eigenvalue weighted by molar-refractivity contribution is -0.118. The van der Waals surface area contributed by atoms with Crippen LogP contribution in [0.3, 0.4) is 0 Å². The fourth-order valence-electron chi connectivity index (χ4n) is 2.66. The van der Waals surface area contributed by atoms with Crippen molar-refractivity contribution in [2.45, 2.75) is 46.0 Å². The van der Waals surface area contributed by atoms with Crippen LogP contribution in [0.1, 0.15) is 45.1 Å². The minimum absolute atomic E-state index is 0.0133. The Balaban J connectivity index is 1.85. The summed E-state index contributed by atoms with van der Waals surface area (Å²) in [5.74, 6) is 0.346. The van der Waals surface area contributed by atoms with Gasteiger partial charge in [0.1, 0.15) is 5.75 Å². The van der Waals surface area contributed by atoms with Crippen LogP contribution < -0.4 is 15.4 Å². The minimum Gasteiger partial charge on any atom is -0.483 e. The van der Waals surface area contributed by atoms with Crippen LogP contribution in [0.2, 0.25) is 0 Å². The van der Waals surface area contributed by atoms with Gasteiger partial charge in [-0.25, -0.2) is 0 Å². The van der Waals surface area contributed by atoms with Crippen LogP contribution in [0.25, 0.3) is 0 Å². The van der Waals surface area contributed by atoms with Crippen LogP contribution in [0, 0.1) is 0 Å². The quantitative estimate of drug-likeness (QED) is 0.470. The molecule has 150 valence electrons. The number of benzene rings is 2. The predicted molar refractivity (Wildman–Crippen MR) is 117 cm³/mol. The third kappa shape index (κ3) is 7.35. The molecule has 0 unspecified atom stereocenters. The summed E-state index contributed by atoms with van der Waals surface area (Å²) in [5, 5.41) is 5.65. The molecule has 0 saturated carbocycles. The number of carbonyl (C=O) groups is 2. The van der Waals surface area contributed by atoms with Gasteiger partial charge >= 0.3 is 0 Å². The highest BCUT2D eigenvalue weighted by atomic mass is 79.9. The largest absolute Gasteiger partial charge is 0.483 e. The van der Waals surface area contributed by atoms with E-state index in [0.29, 0.717) is 23.5 Å². The molecule has 2 aromatic carbocycles. The molecule has 2 rings (SSSR count). The van der Waals surface area contributed by atoms with E-state index in [2.05, 4.69) is 40.4 Å². The maximum absolute atomic E-state index is 12.2. The van der Waals surface area contributed by atoms with E-state index < -0.39 is 0 Å². The Morgan fingerprint density at radius 2 is 1.68 bits per heavy atom. The number of aryl methyl sites for hydroxylation is 1. The summed E-state index contributed by atoms with van der Waals surface area (Å²) in [6.07, 6.45) is 4.44. The number of amides is 2. The number of nitrogens with one attached hydrogen (secondary N) is 2. The molecule has 0 aliphatic carbocycles. The van der Waals surface area contributed by atoms with E-state index in [0.717, 1.165) is 30.2 Å². The number of ether oxygens (including phenoxy) is 1.